The largest absolute Gasteiger partial charge is 0.342 e. The summed E-state index contributed by atoms with van der Waals surface area (Å²) in [5, 5.41) is 5.74. The highest BCUT2D eigenvalue weighted by atomic mass is 19.1. The molecule has 0 amide bonds. The third-order valence-corrected chi connectivity index (χ3v) is 5.96. The molecule has 1 fully saturated rings. The second-order valence-electron chi connectivity index (χ2n) is 7.95. The number of piperidine rings is 1. The first-order valence-corrected chi connectivity index (χ1v) is 10.0. The number of benzene rings is 2. The Morgan fingerprint density at radius 2 is 1.79 bits per heavy atom. The SMILES string of the molecule is CN1CCC(n2nc3c4ccccc4n(Cc4ccc(F)cc4)cc-3c2=O)CC1. The summed E-state index contributed by atoms with van der Waals surface area (Å²) in [6.07, 6.45) is 3.78. The second-order valence-corrected chi connectivity index (χ2v) is 7.95. The Morgan fingerprint density at radius 3 is 2.55 bits per heavy atom. The number of halogens is 1. The van der Waals surface area contributed by atoms with Crippen LogP contribution in [0.2, 0.25) is 0 Å². The highest BCUT2D eigenvalue weighted by molar-refractivity contribution is 5.93. The van der Waals surface area contributed by atoms with E-state index >= 15 is 0 Å². The maximum Gasteiger partial charge on any atom is 0.278 e. The van der Waals surface area contributed by atoms with Crippen LogP contribution in [0.5, 0.6) is 0 Å². The summed E-state index contributed by atoms with van der Waals surface area (Å²) >= 11 is 0. The van der Waals surface area contributed by atoms with Crippen LogP contribution in [-0.2, 0) is 6.54 Å². The summed E-state index contributed by atoms with van der Waals surface area (Å²) in [4.78, 5) is 15.5. The van der Waals surface area contributed by atoms with Gasteiger partial charge in [0, 0.05) is 18.1 Å². The lowest BCUT2D eigenvalue weighted by atomic mass is 10.1. The Balaban J connectivity index is 1.64. The summed E-state index contributed by atoms with van der Waals surface area (Å²) in [5.41, 5.74) is 3.38. The Bertz CT molecular complexity index is 1190. The van der Waals surface area contributed by atoms with Crippen molar-refractivity contribution in [2.45, 2.75) is 25.4 Å². The molecule has 2 aromatic rings. The fraction of sp³-hybridized carbons (Fsp3) is 0.304. The van der Waals surface area contributed by atoms with Crippen molar-refractivity contribution < 1.29 is 4.39 Å². The van der Waals surface area contributed by atoms with Gasteiger partial charge in [-0.2, -0.15) is 5.10 Å². The molecule has 0 radical (unpaired) electrons. The van der Waals surface area contributed by atoms with Gasteiger partial charge in [-0.25, -0.2) is 9.07 Å². The van der Waals surface area contributed by atoms with Crippen LogP contribution in [0.15, 0.2) is 59.5 Å². The molecule has 0 N–H and O–H groups in total. The Kier molecular flexibility index (Phi) is 4.43. The molecule has 3 aliphatic rings. The normalized spacial score (nSPS) is 16.1. The van der Waals surface area contributed by atoms with E-state index in [9.17, 15) is 9.18 Å². The van der Waals surface area contributed by atoms with Crippen molar-refractivity contribution in [1.29, 1.82) is 0 Å². The van der Waals surface area contributed by atoms with E-state index in [2.05, 4.69) is 16.5 Å². The van der Waals surface area contributed by atoms with E-state index in [4.69, 9.17) is 5.10 Å². The van der Waals surface area contributed by atoms with Gasteiger partial charge in [-0.1, -0.05) is 30.3 Å². The average Bonchev–Trinajstić information content (AvgIpc) is 3.07. The Hall–Kier alpha value is -2.99. The molecule has 0 aliphatic carbocycles. The van der Waals surface area contributed by atoms with Crippen LogP contribution in [0.25, 0.3) is 22.2 Å². The molecule has 6 heteroatoms. The van der Waals surface area contributed by atoms with Crippen LogP contribution in [-0.4, -0.2) is 39.4 Å². The highest BCUT2D eigenvalue weighted by Gasteiger charge is 2.26. The first kappa shape index (κ1) is 18.1. The Morgan fingerprint density at radius 1 is 1.07 bits per heavy atom. The lowest BCUT2D eigenvalue weighted by molar-refractivity contribution is 0.210. The van der Waals surface area contributed by atoms with Crippen molar-refractivity contribution in [3.8, 4) is 11.3 Å². The maximum atomic E-state index is 13.3. The molecule has 3 heterocycles. The van der Waals surface area contributed by atoms with Crippen molar-refractivity contribution in [1.82, 2.24) is 19.2 Å². The van der Waals surface area contributed by atoms with Crippen LogP contribution in [0.3, 0.4) is 0 Å². The van der Waals surface area contributed by atoms with E-state index in [-0.39, 0.29) is 17.4 Å². The molecular formula is C23H23FN4O. The zero-order valence-corrected chi connectivity index (χ0v) is 16.4. The van der Waals surface area contributed by atoms with Gasteiger partial charge in [0.25, 0.3) is 5.56 Å². The van der Waals surface area contributed by atoms with Gasteiger partial charge in [-0.3, -0.25) is 4.79 Å². The number of nitrogens with zero attached hydrogens (tertiary/aromatic N) is 4. The number of para-hydroxylation sites is 1. The van der Waals surface area contributed by atoms with E-state index in [1.165, 1.54) is 12.1 Å². The van der Waals surface area contributed by atoms with E-state index in [1.54, 1.807) is 16.8 Å². The number of hydrogen-bond donors (Lipinski definition) is 0. The van der Waals surface area contributed by atoms with Crippen molar-refractivity contribution in [3.05, 3.63) is 76.5 Å². The lowest BCUT2D eigenvalue weighted by Gasteiger charge is -2.28. The van der Waals surface area contributed by atoms with Crippen molar-refractivity contribution in [2.24, 2.45) is 0 Å². The summed E-state index contributed by atoms with van der Waals surface area (Å²) in [6.45, 7) is 2.52. The fourth-order valence-electron chi connectivity index (χ4n) is 4.30. The van der Waals surface area contributed by atoms with Crippen LogP contribution in [0, 0.1) is 5.82 Å². The van der Waals surface area contributed by atoms with Crippen molar-refractivity contribution >= 4 is 10.9 Å². The van der Waals surface area contributed by atoms with Gasteiger partial charge in [0.1, 0.15) is 11.5 Å². The minimum Gasteiger partial charge on any atom is -0.342 e. The molecule has 0 bridgehead atoms. The predicted molar refractivity (Wildman–Crippen MR) is 112 cm³/mol. The molecule has 148 valence electrons. The molecular weight excluding hydrogens is 367 g/mol. The minimum atomic E-state index is -0.250. The molecule has 3 aliphatic heterocycles. The standard InChI is InChI=1S/C23H23FN4O/c1-26-12-10-18(11-13-26)28-23(29)20-15-27(14-16-6-8-17(24)9-7-16)21-5-3-2-4-19(21)22(20)25-28/h2-9,15,18H,10-14H2,1H3. The van der Waals surface area contributed by atoms with Gasteiger partial charge in [0.05, 0.1) is 17.1 Å². The Labute approximate surface area is 168 Å². The molecule has 29 heavy (non-hydrogen) atoms. The zero-order valence-electron chi connectivity index (χ0n) is 16.4. The minimum absolute atomic E-state index is 0.0202. The van der Waals surface area contributed by atoms with Crippen molar-refractivity contribution in [3.63, 3.8) is 0 Å². The molecule has 0 unspecified atom stereocenters. The van der Waals surface area contributed by atoms with Crippen LogP contribution in [0.1, 0.15) is 24.4 Å². The first-order valence-electron chi connectivity index (χ1n) is 10.0. The second kappa shape index (κ2) is 7.12. The van der Waals surface area contributed by atoms with E-state index in [1.807, 2.05) is 30.5 Å². The summed E-state index contributed by atoms with van der Waals surface area (Å²) in [5.74, 6) is -0.250. The predicted octanol–water partition coefficient (Wildman–Crippen LogP) is 3.76. The third kappa shape index (κ3) is 3.23. The fourth-order valence-corrected chi connectivity index (χ4v) is 4.30. The van der Waals surface area contributed by atoms with Crippen LogP contribution < -0.4 is 5.56 Å². The summed E-state index contributed by atoms with van der Waals surface area (Å²) < 4.78 is 17.0. The monoisotopic (exact) mass is 390 g/mol. The topological polar surface area (TPSA) is 43.1 Å². The molecule has 5 nitrogen and oxygen atoms in total. The molecule has 0 spiro atoms. The van der Waals surface area contributed by atoms with Crippen LogP contribution in [0.4, 0.5) is 4.39 Å². The van der Waals surface area contributed by atoms with Crippen LogP contribution >= 0.6 is 0 Å². The number of hydrogen-bond acceptors (Lipinski definition) is 3. The summed E-state index contributed by atoms with van der Waals surface area (Å²) in [6, 6.07) is 14.7. The molecule has 2 aromatic carbocycles. The summed E-state index contributed by atoms with van der Waals surface area (Å²) in [7, 11) is 2.11. The van der Waals surface area contributed by atoms with Gasteiger partial charge in [-0.15, -0.1) is 0 Å². The first-order chi connectivity index (χ1) is 14.1. The lowest BCUT2D eigenvalue weighted by Crippen LogP contribution is -2.34. The molecule has 5 rings (SSSR count). The van der Waals surface area contributed by atoms with E-state index < -0.39 is 0 Å². The number of likely N-dealkylation sites (tertiary alicyclic amines) is 1. The smallest absolute Gasteiger partial charge is 0.278 e. The number of pyridine rings is 1. The van der Waals surface area contributed by atoms with Gasteiger partial charge in [0.15, 0.2) is 0 Å². The van der Waals surface area contributed by atoms with Gasteiger partial charge in [-0.05, 0) is 56.7 Å². The molecule has 1 saturated heterocycles. The molecule has 0 aromatic heterocycles. The van der Waals surface area contributed by atoms with E-state index in [0.717, 1.165) is 48.1 Å². The number of rotatable bonds is 3. The highest BCUT2D eigenvalue weighted by Crippen LogP contribution is 2.30. The van der Waals surface area contributed by atoms with Crippen molar-refractivity contribution in [2.75, 3.05) is 20.1 Å². The third-order valence-electron chi connectivity index (χ3n) is 5.96. The molecule has 0 saturated carbocycles. The van der Waals surface area contributed by atoms with E-state index in [0.29, 0.717) is 12.1 Å². The zero-order chi connectivity index (χ0) is 20.0. The quantitative estimate of drug-likeness (QED) is 0.535. The van der Waals surface area contributed by atoms with Gasteiger partial charge in [0.2, 0.25) is 0 Å². The number of fused-ring (bicyclic) bond motifs is 3. The number of aromatic nitrogens is 3. The maximum absolute atomic E-state index is 13.3. The molecule has 0 atom stereocenters. The van der Waals surface area contributed by atoms with Gasteiger partial charge < -0.3 is 9.47 Å². The van der Waals surface area contributed by atoms with Gasteiger partial charge >= 0.3 is 0 Å². The average molecular weight is 390 g/mol.